The van der Waals surface area contributed by atoms with Crippen LogP contribution in [0, 0.1) is 5.75 Å². The van der Waals surface area contributed by atoms with E-state index in [0.717, 1.165) is 0 Å². The first-order valence-corrected chi connectivity index (χ1v) is 2.84. The Morgan fingerprint density at radius 2 is 2.14 bits per heavy atom. The molecule has 0 aromatic rings. The fourth-order valence-electron chi connectivity index (χ4n) is 0.134. The van der Waals surface area contributed by atoms with Gasteiger partial charge in [-0.3, -0.25) is 0 Å². The zero-order valence-corrected chi connectivity index (χ0v) is 5.19. The highest BCUT2D eigenvalue weighted by Crippen LogP contribution is 2.34. The number of hydrogen-bond donors (Lipinski definition) is 0. The van der Waals surface area contributed by atoms with Crippen LogP contribution in [0.25, 0.3) is 0 Å². The predicted molar refractivity (Wildman–Crippen MR) is 28.4 cm³/mol. The maximum Gasteiger partial charge on any atom is 0.371 e. The van der Waals surface area contributed by atoms with Crippen LogP contribution in [0.2, 0.25) is 0 Å². The van der Waals surface area contributed by atoms with Crippen molar-refractivity contribution in [3.63, 3.8) is 0 Å². The van der Waals surface area contributed by atoms with Gasteiger partial charge in [0.1, 0.15) is 0 Å². The molecule has 0 saturated carbocycles. The van der Waals surface area contributed by atoms with Gasteiger partial charge in [0.25, 0.3) is 0 Å². The summed E-state index contributed by atoms with van der Waals surface area (Å²) in [4.78, 5) is 0. The second kappa shape index (κ2) is 2.72. The van der Waals surface area contributed by atoms with E-state index in [9.17, 15) is 8.78 Å². The summed E-state index contributed by atoms with van der Waals surface area (Å²) in [5.74, 6) is 1.24. The van der Waals surface area contributed by atoms with Crippen LogP contribution < -0.4 is 0 Å². The van der Waals surface area contributed by atoms with Gasteiger partial charge in [0.2, 0.25) is 0 Å². The number of hydrogen-bond acceptors (Lipinski definition) is 1. The van der Waals surface area contributed by atoms with Gasteiger partial charge in [-0.05, 0) is 11.6 Å². The Kier molecular flexibility index (Phi) is 2.92. The van der Waals surface area contributed by atoms with Crippen molar-refractivity contribution in [2.45, 2.75) is 11.6 Å². The topological polar surface area (TPSA) is 0 Å². The van der Waals surface area contributed by atoms with Gasteiger partial charge in [0.15, 0.2) is 0 Å². The molecule has 0 heterocycles. The summed E-state index contributed by atoms with van der Waals surface area (Å²) >= 11 is 4.73. The van der Waals surface area contributed by atoms with Crippen LogP contribution in [0.3, 0.4) is 0 Å². The molecule has 0 unspecified atom stereocenters. The van der Waals surface area contributed by atoms with Crippen molar-refractivity contribution in [2.75, 3.05) is 0 Å². The van der Waals surface area contributed by atoms with E-state index in [2.05, 4.69) is 11.6 Å². The van der Waals surface area contributed by atoms with E-state index < -0.39 is 4.71 Å². The van der Waals surface area contributed by atoms with Gasteiger partial charge in [-0.1, -0.05) is 18.7 Å². The van der Waals surface area contributed by atoms with E-state index in [1.165, 1.54) is 12.7 Å². The lowest BCUT2D eigenvalue weighted by atomic mass is 11.0. The van der Waals surface area contributed by atoms with Crippen molar-refractivity contribution in [1.82, 2.24) is 0 Å². The fourth-order valence-corrected chi connectivity index (χ4v) is 0.668. The molecule has 0 fully saturated rings. The molecule has 4 heteroatoms. The molecule has 0 nitrogen and oxygen atoms in total. The van der Waals surface area contributed by atoms with Crippen molar-refractivity contribution in [3.8, 4) is 0 Å². The lowest BCUT2D eigenvalue weighted by molar-refractivity contribution is 0.204. The van der Waals surface area contributed by atoms with Crippen LogP contribution in [-0.4, -0.2) is 4.71 Å². The highest BCUT2D eigenvalue weighted by Gasteiger charge is 2.23. The van der Waals surface area contributed by atoms with Crippen molar-refractivity contribution < 1.29 is 8.78 Å². The lowest BCUT2D eigenvalue weighted by Gasteiger charge is -2.01. The molecule has 0 saturated heterocycles. The lowest BCUT2D eigenvalue weighted by Crippen LogP contribution is -1.94. The molecule has 0 spiro atoms. The molecular formula is C3H4ClF2S. The molecule has 0 rings (SSSR count). The van der Waals surface area contributed by atoms with E-state index in [-0.39, 0.29) is 0 Å². The van der Waals surface area contributed by atoms with Crippen LogP contribution in [0.4, 0.5) is 8.78 Å². The summed E-state index contributed by atoms with van der Waals surface area (Å²) < 4.78 is 19.7. The fraction of sp³-hybridized carbons (Fsp3) is 0.667. The first kappa shape index (κ1) is 7.50. The predicted octanol–water partition coefficient (Wildman–Crippen LogP) is 2.69. The Morgan fingerprint density at radius 3 is 2.14 bits per heavy atom. The summed E-state index contributed by atoms with van der Waals surface area (Å²) in [6.45, 7) is 1.50. The Bertz CT molecular complexity index is 51.4. The summed E-state index contributed by atoms with van der Waals surface area (Å²) in [5, 5.41) is 0. The van der Waals surface area contributed by atoms with Crippen LogP contribution in [0.1, 0.15) is 6.92 Å². The molecule has 0 aliphatic rings. The standard InChI is InChI=1S/C3H4ClF2S/c1-2-7-3(4,5)6/h2H,1H3. The van der Waals surface area contributed by atoms with Gasteiger partial charge in [-0.25, -0.2) is 0 Å². The zero-order valence-electron chi connectivity index (χ0n) is 3.62. The molecule has 7 heavy (non-hydrogen) atoms. The maximum absolute atomic E-state index is 11.4. The van der Waals surface area contributed by atoms with Crippen LogP contribution >= 0.6 is 23.4 Å². The summed E-state index contributed by atoms with van der Waals surface area (Å²) in [6.07, 6.45) is 0. The molecule has 1 radical (unpaired) electrons. The van der Waals surface area contributed by atoms with E-state index >= 15 is 0 Å². The molecule has 0 aliphatic heterocycles. The van der Waals surface area contributed by atoms with E-state index in [1.54, 1.807) is 0 Å². The summed E-state index contributed by atoms with van der Waals surface area (Å²) in [5.41, 5.74) is 0. The second-order valence-electron chi connectivity index (χ2n) is 0.799. The molecular weight excluding hydrogens is 142 g/mol. The highest BCUT2D eigenvalue weighted by atomic mass is 35.5. The molecule has 0 atom stereocenters. The van der Waals surface area contributed by atoms with Gasteiger partial charge in [-0.15, -0.1) is 0 Å². The third kappa shape index (κ3) is 6.50. The molecule has 0 bridgehead atoms. The van der Waals surface area contributed by atoms with Crippen LogP contribution in [0.15, 0.2) is 0 Å². The SMILES string of the molecule is C[CH]SC(F)(F)Cl. The first-order chi connectivity index (χ1) is 3.06. The van der Waals surface area contributed by atoms with Gasteiger partial charge in [0, 0.05) is 5.75 Å². The van der Waals surface area contributed by atoms with E-state index in [4.69, 9.17) is 0 Å². The third-order valence-corrected chi connectivity index (χ3v) is 1.02. The quantitative estimate of drug-likeness (QED) is 0.539. The minimum Gasteiger partial charge on any atom is -0.177 e. The first-order valence-electron chi connectivity index (χ1n) is 1.58. The largest absolute Gasteiger partial charge is 0.371 e. The van der Waals surface area contributed by atoms with Crippen molar-refractivity contribution in [3.05, 3.63) is 5.75 Å². The average Bonchev–Trinajstić information content (AvgIpc) is 1.30. The van der Waals surface area contributed by atoms with Gasteiger partial charge >= 0.3 is 4.71 Å². The normalized spacial score (nSPS) is 12.0. The van der Waals surface area contributed by atoms with Gasteiger partial charge in [-0.2, -0.15) is 8.78 Å². The van der Waals surface area contributed by atoms with Crippen molar-refractivity contribution in [1.29, 1.82) is 0 Å². The van der Waals surface area contributed by atoms with Gasteiger partial charge in [0.05, 0.1) is 0 Å². The molecule has 0 aliphatic carbocycles. The molecule has 0 amide bonds. The molecule has 0 N–H and O–H groups in total. The second-order valence-corrected chi connectivity index (χ2v) is 2.72. The summed E-state index contributed by atoms with van der Waals surface area (Å²) in [7, 11) is 0. The van der Waals surface area contributed by atoms with Crippen LogP contribution in [-0.2, 0) is 0 Å². The number of rotatable bonds is 2. The number of alkyl halides is 3. The van der Waals surface area contributed by atoms with Crippen LogP contribution in [0.5, 0.6) is 0 Å². The molecule has 0 aromatic carbocycles. The zero-order chi connectivity index (χ0) is 5.91. The Morgan fingerprint density at radius 1 is 1.71 bits per heavy atom. The minimum absolute atomic E-state index is 0.296. The van der Waals surface area contributed by atoms with Crippen molar-refractivity contribution in [2.24, 2.45) is 0 Å². The Balaban J connectivity index is 3.15. The smallest absolute Gasteiger partial charge is 0.177 e. The number of thioether (sulfide) groups is 1. The van der Waals surface area contributed by atoms with E-state index in [0.29, 0.717) is 11.8 Å². The summed E-state index contributed by atoms with van der Waals surface area (Å²) in [6, 6.07) is 0. The Hall–Kier alpha value is 0.500. The highest BCUT2D eigenvalue weighted by molar-refractivity contribution is 8.03. The molecule has 0 aromatic heterocycles. The van der Waals surface area contributed by atoms with Gasteiger partial charge < -0.3 is 0 Å². The van der Waals surface area contributed by atoms with Crippen molar-refractivity contribution >= 4 is 23.4 Å². The minimum atomic E-state index is -3.12. The number of halogens is 3. The molecule has 43 valence electrons. The Labute approximate surface area is 50.2 Å². The van der Waals surface area contributed by atoms with E-state index in [1.807, 2.05) is 0 Å². The monoisotopic (exact) mass is 145 g/mol. The third-order valence-electron chi connectivity index (χ3n) is 0.251. The maximum atomic E-state index is 11.4. The average molecular weight is 146 g/mol.